The van der Waals surface area contributed by atoms with E-state index in [2.05, 4.69) is 10.2 Å². The van der Waals surface area contributed by atoms with Crippen LogP contribution in [0.3, 0.4) is 0 Å². The molecule has 35 heavy (non-hydrogen) atoms. The molecular weight excluding hydrogens is 474 g/mol. The van der Waals surface area contributed by atoms with Gasteiger partial charge in [0.15, 0.2) is 5.11 Å². The largest absolute Gasteiger partial charge is 0.379 e. The number of amides is 1. The van der Waals surface area contributed by atoms with Gasteiger partial charge >= 0.3 is 0 Å². The molecule has 0 spiro atoms. The van der Waals surface area contributed by atoms with E-state index in [-0.39, 0.29) is 17.8 Å². The van der Waals surface area contributed by atoms with Crippen molar-refractivity contribution in [3.05, 3.63) is 65.7 Å². The number of halogens is 2. The molecule has 188 valence electrons. The monoisotopic (exact) mass is 504 g/mol. The fourth-order valence-corrected chi connectivity index (χ4v) is 4.45. The number of morpholine rings is 2. The van der Waals surface area contributed by atoms with Crippen LogP contribution in [0.5, 0.6) is 0 Å². The lowest BCUT2D eigenvalue weighted by atomic mass is 10.1. The molecule has 1 atom stereocenters. The zero-order valence-electron chi connectivity index (χ0n) is 19.5. The van der Waals surface area contributed by atoms with Crippen molar-refractivity contribution in [3.8, 4) is 0 Å². The summed E-state index contributed by atoms with van der Waals surface area (Å²) in [6.07, 6.45) is -0.265. The summed E-state index contributed by atoms with van der Waals surface area (Å²) in [5.74, 6) is -0.986. The normalized spacial score (nSPS) is 18.8. The Hall–Kier alpha value is -2.66. The Morgan fingerprint density at radius 3 is 2.57 bits per heavy atom. The maximum atomic E-state index is 13.8. The van der Waals surface area contributed by atoms with E-state index in [4.69, 9.17) is 21.7 Å². The quantitative estimate of drug-likeness (QED) is 0.582. The maximum Gasteiger partial charge on any atom is 0.254 e. The lowest BCUT2D eigenvalue weighted by molar-refractivity contribution is -0.0228. The van der Waals surface area contributed by atoms with Gasteiger partial charge < -0.3 is 24.6 Å². The lowest BCUT2D eigenvalue weighted by Gasteiger charge is -2.37. The van der Waals surface area contributed by atoms with Gasteiger partial charge in [-0.05, 0) is 54.7 Å². The van der Waals surface area contributed by atoms with Crippen LogP contribution in [0.2, 0.25) is 0 Å². The third-order valence-corrected chi connectivity index (χ3v) is 6.45. The van der Waals surface area contributed by atoms with Crippen LogP contribution in [0.15, 0.2) is 48.5 Å². The number of hydrogen-bond acceptors (Lipinski definition) is 5. The molecule has 10 heteroatoms. The molecule has 0 radical (unpaired) electrons. The first kappa shape index (κ1) is 25.4. The van der Waals surface area contributed by atoms with Crippen molar-refractivity contribution in [3.63, 3.8) is 0 Å². The first-order valence-corrected chi connectivity index (χ1v) is 12.2. The van der Waals surface area contributed by atoms with Crippen LogP contribution in [0.1, 0.15) is 10.4 Å². The number of carbonyl (C=O) groups is 1. The predicted octanol–water partition coefficient (Wildman–Crippen LogP) is 2.84. The van der Waals surface area contributed by atoms with Gasteiger partial charge in [0.1, 0.15) is 11.6 Å². The lowest BCUT2D eigenvalue weighted by Crippen LogP contribution is -2.52. The summed E-state index contributed by atoms with van der Waals surface area (Å²) in [5, 5.41) is 3.65. The molecule has 0 aliphatic carbocycles. The van der Waals surface area contributed by atoms with Crippen molar-refractivity contribution in [1.29, 1.82) is 0 Å². The average molecular weight is 505 g/mol. The minimum atomic E-state index is -0.443. The molecule has 1 N–H and O–H groups in total. The summed E-state index contributed by atoms with van der Waals surface area (Å²) in [4.78, 5) is 19.3. The second-order valence-electron chi connectivity index (χ2n) is 8.59. The molecule has 2 heterocycles. The third kappa shape index (κ3) is 7.41. The van der Waals surface area contributed by atoms with E-state index >= 15 is 0 Å². The van der Waals surface area contributed by atoms with Crippen molar-refractivity contribution in [2.45, 2.75) is 6.10 Å². The van der Waals surface area contributed by atoms with Crippen LogP contribution in [0.4, 0.5) is 14.5 Å². The van der Waals surface area contributed by atoms with Crippen LogP contribution in [-0.4, -0.2) is 97.5 Å². The third-order valence-electron chi connectivity index (χ3n) is 6.09. The van der Waals surface area contributed by atoms with Crippen LogP contribution >= 0.6 is 12.2 Å². The average Bonchev–Trinajstić information content (AvgIpc) is 2.88. The van der Waals surface area contributed by atoms with E-state index < -0.39 is 5.82 Å². The van der Waals surface area contributed by atoms with E-state index in [1.54, 1.807) is 29.2 Å². The van der Waals surface area contributed by atoms with Crippen molar-refractivity contribution in [2.24, 2.45) is 0 Å². The Morgan fingerprint density at radius 1 is 1.06 bits per heavy atom. The number of anilines is 1. The van der Waals surface area contributed by atoms with Gasteiger partial charge in [-0.3, -0.25) is 9.69 Å². The van der Waals surface area contributed by atoms with Crippen LogP contribution < -0.4 is 5.32 Å². The molecule has 1 amide bonds. The summed E-state index contributed by atoms with van der Waals surface area (Å²) in [6.45, 7) is 6.11. The molecule has 2 saturated heterocycles. The number of rotatable bonds is 7. The van der Waals surface area contributed by atoms with Crippen LogP contribution in [0.25, 0.3) is 0 Å². The van der Waals surface area contributed by atoms with Crippen LogP contribution in [0, 0.1) is 11.6 Å². The highest BCUT2D eigenvalue weighted by Gasteiger charge is 2.27. The molecular formula is C25H30F2N4O3S. The first-order valence-electron chi connectivity index (χ1n) is 11.8. The maximum absolute atomic E-state index is 13.8. The van der Waals surface area contributed by atoms with Gasteiger partial charge in [0.05, 0.1) is 25.9 Å². The van der Waals surface area contributed by atoms with Gasteiger partial charge in [0, 0.05) is 57.1 Å². The number of ether oxygens (including phenoxy) is 2. The number of nitrogens with one attached hydrogen (secondary N) is 1. The minimum absolute atomic E-state index is 0.231. The Morgan fingerprint density at radius 2 is 1.83 bits per heavy atom. The molecule has 2 aromatic carbocycles. The summed E-state index contributed by atoms with van der Waals surface area (Å²) in [7, 11) is 0. The number of thiocarbonyl (C=S) groups is 1. The molecule has 7 nitrogen and oxygen atoms in total. The highest BCUT2D eigenvalue weighted by Crippen LogP contribution is 2.15. The SMILES string of the molecule is O=C(c1cccc(F)c1)N(CCN1CCOCC1)C[C@@H]1CN(C(=S)Nc2ccc(F)cc2)CCO1. The van der Waals surface area contributed by atoms with E-state index in [9.17, 15) is 13.6 Å². The first-order chi connectivity index (χ1) is 17.0. The minimum Gasteiger partial charge on any atom is -0.379 e. The molecule has 2 aliphatic rings. The van der Waals surface area contributed by atoms with E-state index in [1.165, 1.54) is 24.3 Å². The Balaban J connectivity index is 1.40. The molecule has 0 unspecified atom stereocenters. The fourth-order valence-electron chi connectivity index (χ4n) is 4.16. The second-order valence-corrected chi connectivity index (χ2v) is 8.98. The summed E-state index contributed by atoms with van der Waals surface area (Å²) in [5.41, 5.74) is 1.01. The molecule has 2 aliphatic heterocycles. The molecule has 2 aromatic rings. The zero-order chi connectivity index (χ0) is 24.6. The van der Waals surface area contributed by atoms with E-state index in [0.717, 1.165) is 13.1 Å². The predicted molar refractivity (Wildman–Crippen MR) is 133 cm³/mol. The second kappa shape index (κ2) is 12.3. The summed E-state index contributed by atoms with van der Waals surface area (Å²) < 4.78 is 38.4. The highest BCUT2D eigenvalue weighted by molar-refractivity contribution is 7.80. The number of nitrogens with zero attached hydrogens (tertiary/aromatic N) is 3. The van der Waals surface area contributed by atoms with E-state index in [1.807, 2.05) is 4.90 Å². The molecule has 0 saturated carbocycles. The fraction of sp³-hybridized carbons (Fsp3) is 0.440. The zero-order valence-corrected chi connectivity index (χ0v) is 20.3. The van der Waals surface area contributed by atoms with Gasteiger partial charge in [-0.1, -0.05) is 6.07 Å². The van der Waals surface area contributed by atoms with Crippen molar-refractivity contribution < 1.29 is 23.0 Å². The van der Waals surface area contributed by atoms with Crippen molar-refractivity contribution in [1.82, 2.24) is 14.7 Å². The van der Waals surface area contributed by atoms with Gasteiger partial charge in [-0.2, -0.15) is 0 Å². The van der Waals surface area contributed by atoms with Gasteiger partial charge in [-0.15, -0.1) is 0 Å². The smallest absolute Gasteiger partial charge is 0.254 e. The Bertz CT molecular complexity index is 1000. The van der Waals surface area contributed by atoms with Gasteiger partial charge in [-0.25, -0.2) is 8.78 Å². The molecule has 4 rings (SSSR count). The van der Waals surface area contributed by atoms with Gasteiger partial charge in [0.2, 0.25) is 0 Å². The molecule has 2 fully saturated rings. The van der Waals surface area contributed by atoms with Crippen molar-refractivity contribution in [2.75, 3.05) is 71.0 Å². The Labute approximate surface area is 209 Å². The van der Waals surface area contributed by atoms with E-state index in [0.29, 0.717) is 68.9 Å². The number of hydrogen-bond donors (Lipinski definition) is 1. The summed E-state index contributed by atoms with van der Waals surface area (Å²) >= 11 is 5.56. The standard InChI is InChI=1S/C25H30F2N4O3S/c26-20-4-6-22(7-5-20)28-25(35)31-12-15-34-23(18-31)17-30(9-8-29-10-13-33-14-11-29)24(32)19-2-1-3-21(27)16-19/h1-7,16,23H,8-15,17-18H2,(H,28,35)/t23-/m1/s1. The topological polar surface area (TPSA) is 57.3 Å². The highest BCUT2D eigenvalue weighted by atomic mass is 32.1. The van der Waals surface area contributed by atoms with Gasteiger partial charge in [0.25, 0.3) is 5.91 Å². The van der Waals surface area contributed by atoms with Crippen LogP contribution in [-0.2, 0) is 9.47 Å². The molecule has 0 bridgehead atoms. The number of benzene rings is 2. The Kier molecular flexibility index (Phi) is 8.97. The van der Waals surface area contributed by atoms with Crippen molar-refractivity contribution >= 4 is 28.9 Å². The summed E-state index contributed by atoms with van der Waals surface area (Å²) in [6, 6.07) is 11.8. The molecule has 0 aromatic heterocycles. The number of carbonyl (C=O) groups excluding carboxylic acids is 1.